The first-order valence-electron chi connectivity index (χ1n) is 6.06. The Morgan fingerprint density at radius 3 is 2.75 bits per heavy atom. The lowest BCUT2D eigenvalue weighted by Crippen LogP contribution is -2.12. The highest BCUT2D eigenvalue weighted by Crippen LogP contribution is 2.26. The molecule has 0 unspecified atom stereocenters. The second-order valence-corrected chi connectivity index (χ2v) is 4.82. The summed E-state index contributed by atoms with van der Waals surface area (Å²) in [5.74, 6) is 0.569. The molecule has 0 aliphatic rings. The molecule has 0 aliphatic heterocycles. The van der Waals surface area contributed by atoms with E-state index in [1.165, 1.54) is 5.56 Å². The summed E-state index contributed by atoms with van der Waals surface area (Å²) in [6.45, 7) is 2.46. The summed E-state index contributed by atoms with van der Waals surface area (Å²) in [4.78, 5) is 0. The van der Waals surface area contributed by atoms with Crippen LogP contribution in [0.5, 0.6) is 5.75 Å². The molecule has 2 aromatic rings. The molecule has 2 aromatic carbocycles. The van der Waals surface area contributed by atoms with Crippen LogP contribution in [0.25, 0.3) is 0 Å². The number of benzene rings is 2. The number of aryl methyl sites for hydroxylation is 1. The smallest absolute Gasteiger partial charge is 0.170 e. The van der Waals surface area contributed by atoms with E-state index in [1.807, 2.05) is 25.1 Å². The van der Waals surface area contributed by atoms with E-state index in [2.05, 4.69) is 11.2 Å². The predicted octanol–water partition coefficient (Wildman–Crippen LogP) is 3.32. The molecule has 5 heteroatoms. The molecule has 104 valence electrons. The van der Waals surface area contributed by atoms with Crippen LogP contribution in [0.3, 0.4) is 0 Å². The Hall–Kier alpha value is -2.20. The number of ether oxygens (including phenoxy) is 1. The van der Waals surface area contributed by atoms with Gasteiger partial charge in [0.25, 0.3) is 0 Å². The maximum atomic E-state index is 8.62. The van der Waals surface area contributed by atoms with Gasteiger partial charge in [0.2, 0.25) is 0 Å². The zero-order valence-corrected chi connectivity index (χ0v) is 11.8. The number of amidine groups is 1. The molecule has 3 N–H and O–H groups in total. The third kappa shape index (κ3) is 3.42. The minimum Gasteiger partial charge on any atom is -0.487 e. The van der Waals surface area contributed by atoms with E-state index in [9.17, 15) is 0 Å². The summed E-state index contributed by atoms with van der Waals surface area (Å²) in [5, 5.41) is 12.0. The quantitative estimate of drug-likeness (QED) is 0.393. The van der Waals surface area contributed by atoms with Gasteiger partial charge in [-0.05, 0) is 30.7 Å². The van der Waals surface area contributed by atoms with Gasteiger partial charge >= 0.3 is 0 Å². The van der Waals surface area contributed by atoms with Crippen LogP contribution in [0.15, 0.2) is 47.6 Å². The van der Waals surface area contributed by atoms with Crippen molar-refractivity contribution in [2.45, 2.75) is 13.5 Å². The highest BCUT2D eigenvalue weighted by Gasteiger charge is 2.06. The number of rotatable bonds is 4. The van der Waals surface area contributed by atoms with Gasteiger partial charge in [-0.1, -0.05) is 46.6 Å². The largest absolute Gasteiger partial charge is 0.487 e. The van der Waals surface area contributed by atoms with Crippen molar-refractivity contribution in [2.75, 3.05) is 0 Å². The van der Waals surface area contributed by atoms with Crippen molar-refractivity contribution in [3.8, 4) is 5.75 Å². The molecule has 0 heterocycles. The third-order valence-electron chi connectivity index (χ3n) is 2.81. The molecule has 0 saturated carbocycles. The summed E-state index contributed by atoms with van der Waals surface area (Å²) in [5.41, 5.74) is 8.29. The van der Waals surface area contributed by atoms with Crippen molar-refractivity contribution >= 4 is 17.4 Å². The van der Waals surface area contributed by atoms with Gasteiger partial charge in [0.05, 0.1) is 5.02 Å². The van der Waals surface area contributed by atoms with Crippen LogP contribution >= 0.6 is 11.6 Å². The lowest BCUT2D eigenvalue weighted by atomic mass is 10.1. The Labute approximate surface area is 122 Å². The van der Waals surface area contributed by atoms with Crippen LogP contribution in [0.4, 0.5) is 0 Å². The van der Waals surface area contributed by atoms with E-state index in [0.29, 0.717) is 22.9 Å². The van der Waals surface area contributed by atoms with Crippen molar-refractivity contribution in [1.82, 2.24) is 0 Å². The minimum absolute atomic E-state index is 0.0112. The number of halogens is 1. The second kappa shape index (κ2) is 6.30. The molecule has 0 bridgehead atoms. The van der Waals surface area contributed by atoms with Crippen LogP contribution in [-0.4, -0.2) is 11.0 Å². The van der Waals surface area contributed by atoms with Gasteiger partial charge in [-0.25, -0.2) is 0 Å². The zero-order chi connectivity index (χ0) is 14.5. The average molecular weight is 291 g/mol. The maximum Gasteiger partial charge on any atom is 0.170 e. The number of oxime groups is 1. The fourth-order valence-corrected chi connectivity index (χ4v) is 2.03. The second-order valence-electron chi connectivity index (χ2n) is 4.41. The Bertz CT molecular complexity index is 642. The lowest BCUT2D eigenvalue weighted by molar-refractivity contribution is 0.306. The van der Waals surface area contributed by atoms with Crippen molar-refractivity contribution in [3.05, 3.63) is 64.2 Å². The lowest BCUT2D eigenvalue weighted by Gasteiger charge is -2.09. The van der Waals surface area contributed by atoms with Crippen molar-refractivity contribution in [3.63, 3.8) is 0 Å². The first-order valence-corrected chi connectivity index (χ1v) is 6.43. The van der Waals surface area contributed by atoms with Crippen LogP contribution in [0.1, 0.15) is 16.7 Å². The van der Waals surface area contributed by atoms with E-state index >= 15 is 0 Å². The van der Waals surface area contributed by atoms with Gasteiger partial charge in [0, 0.05) is 5.56 Å². The standard InChI is InChI=1S/C15H15ClN2O2/c1-10-3-2-4-11(7-10)9-20-14-6-5-12(8-13(14)16)15(17)18-19/h2-8,19H,9H2,1H3,(H2,17,18). The predicted molar refractivity (Wildman–Crippen MR) is 79.5 cm³/mol. The molecule has 0 aliphatic carbocycles. The van der Waals surface area contributed by atoms with E-state index in [1.54, 1.807) is 18.2 Å². The molecule has 0 saturated heterocycles. The average Bonchev–Trinajstić information content (AvgIpc) is 2.45. The van der Waals surface area contributed by atoms with E-state index < -0.39 is 0 Å². The van der Waals surface area contributed by atoms with Gasteiger partial charge in [0.15, 0.2) is 5.84 Å². The Morgan fingerprint density at radius 2 is 2.10 bits per heavy atom. The molecule has 0 fully saturated rings. The molecule has 0 spiro atoms. The molecular formula is C15H15ClN2O2. The van der Waals surface area contributed by atoms with E-state index in [0.717, 1.165) is 5.56 Å². The number of nitrogens with two attached hydrogens (primary N) is 1. The first-order chi connectivity index (χ1) is 9.60. The van der Waals surface area contributed by atoms with Crippen LogP contribution in [0.2, 0.25) is 5.02 Å². The molecule has 20 heavy (non-hydrogen) atoms. The van der Waals surface area contributed by atoms with Gasteiger partial charge in [-0.3, -0.25) is 0 Å². The SMILES string of the molecule is Cc1cccc(COc2ccc(C(N)=NO)cc2Cl)c1. The highest BCUT2D eigenvalue weighted by molar-refractivity contribution is 6.32. The monoisotopic (exact) mass is 290 g/mol. The first kappa shape index (κ1) is 14.2. The number of hydrogen-bond donors (Lipinski definition) is 2. The third-order valence-corrected chi connectivity index (χ3v) is 3.11. The van der Waals surface area contributed by atoms with Gasteiger partial charge in [-0.2, -0.15) is 0 Å². The van der Waals surface area contributed by atoms with Crippen molar-refractivity contribution in [1.29, 1.82) is 0 Å². The Kier molecular flexibility index (Phi) is 4.48. The fraction of sp³-hybridized carbons (Fsp3) is 0.133. The van der Waals surface area contributed by atoms with Crippen molar-refractivity contribution in [2.24, 2.45) is 10.9 Å². The molecule has 0 amide bonds. The summed E-state index contributed by atoms with van der Waals surface area (Å²) < 4.78 is 5.67. The minimum atomic E-state index is 0.0112. The summed E-state index contributed by atoms with van der Waals surface area (Å²) in [7, 11) is 0. The fourth-order valence-electron chi connectivity index (χ4n) is 1.80. The van der Waals surface area contributed by atoms with Gasteiger partial charge in [-0.15, -0.1) is 0 Å². The van der Waals surface area contributed by atoms with Gasteiger partial charge < -0.3 is 15.7 Å². The van der Waals surface area contributed by atoms with E-state index in [-0.39, 0.29) is 5.84 Å². The molecule has 0 aromatic heterocycles. The molecular weight excluding hydrogens is 276 g/mol. The van der Waals surface area contributed by atoms with Crippen LogP contribution in [0, 0.1) is 6.92 Å². The summed E-state index contributed by atoms with van der Waals surface area (Å²) in [6.07, 6.45) is 0. The van der Waals surface area contributed by atoms with Gasteiger partial charge in [0.1, 0.15) is 12.4 Å². The normalized spacial score (nSPS) is 11.4. The Morgan fingerprint density at radius 1 is 1.30 bits per heavy atom. The molecule has 2 rings (SSSR count). The number of nitrogens with zero attached hydrogens (tertiary/aromatic N) is 1. The highest BCUT2D eigenvalue weighted by atomic mass is 35.5. The van der Waals surface area contributed by atoms with E-state index in [4.69, 9.17) is 27.3 Å². The topological polar surface area (TPSA) is 67.8 Å². The Balaban J connectivity index is 2.11. The number of hydrogen-bond acceptors (Lipinski definition) is 3. The zero-order valence-electron chi connectivity index (χ0n) is 11.0. The maximum absolute atomic E-state index is 8.62. The molecule has 0 atom stereocenters. The van der Waals surface area contributed by atoms with Crippen LogP contribution in [-0.2, 0) is 6.61 Å². The summed E-state index contributed by atoms with van der Waals surface area (Å²) >= 11 is 6.11. The van der Waals surface area contributed by atoms with Crippen LogP contribution < -0.4 is 10.5 Å². The van der Waals surface area contributed by atoms with Crippen molar-refractivity contribution < 1.29 is 9.94 Å². The summed E-state index contributed by atoms with van der Waals surface area (Å²) in [6, 6.07) is 13.0. The molecule has 4 nitrogen and oxygen atoms in total. The molecule has 0 radical (unpaired) electrons.